The Morgan fingerprint density at radius 3 is 2.50 bits per heavy atom. The van der Waals surface area contributed by atoms with Crippen molar-refractivity contribution in [3.63, 3.8) is 0 Å². The van der Waals surface area contributed by atoms with Gasteiger partial charge in [-0.25, -0.2) is 9.36 Å². The molecule has 0 bridgehead atoms. The molecule has 0 saturated heterocycles. The number of nitrogens with two attached hydrogens (primary N) is 1. The molecule has 2 rings (SSSR count). The molecule has 1 aromatic carbocycles. The molecule has 0 amide bonds. The van der Waals surface area contributed by atoms with Crippen LogP contribution in [-0.4, -0.2) is 14.7 Å². The highest BCUT2D eigenvalue weighted by molar-refractivity contribution is 9.10. The Balaban J connectivity index is 2.49. The average molecular weight is 298 g/mol. The van der Waals surface area contributed by atoms with Gasteiger partial charge in [-0.1, -0.05) is 28.1 Å². The summed E-state index contributed by atoms with van der Waals surface area (Å²) in [5.74, 6) is 0. The lowest BCUT2D eigenvalue weighted by atomic mass is 10.2. The summed E-state index contributed by atoms with van der Waals surface area (Å²) in [6, 6.07) is 7.57. The van der Waals surface area contributed by atoms with Gasteiger partial charge in [-0.3, -0.25) is 0 Å². The fraction of sp³-hybridized carbons (Fsp3) is 0. The largest absolute Gasteiger partial charge is 0.375 e. The van der Waals surface area contributed by atoms with Crippen LogP contribution in [0.5, 0.6) is 0 Å². The second-order valence-electron chi connectivity index (χ2n) is 3.19. The summed E-state index contributed by atoms with van der Waals surface area (Å²) in [4.78, 5) is 14.1. The van der Waals surface area contributed by atoms with Crippen molar-refractivity contribution in [2.24, 2.45) is 5.73 Å². The van der Waals surface area contributed by atoms with Gasteiger partial charge in [0.05, 0.1) is 5.69 Å². The second-order valence-corrected chi connectivity index (χ2v) is 4.52. The van der Waals surface area contributed by atoms with Crippen molar-refractivity contribution in [1.82, 2.24) is 9.55 Å². The number of halogens is 1. The summed E-state index contributed by atoms with van der Waals surface area (Å²) < 4.78 is 2.18. The van der Waals surface area contributed by atoms with Gasteiger partial charge >= 0.3 is 5.69 Å². The third-order valence-corrected chi connectivity index (χ3v) is 2.84. The Labute approximate surface area is 105 Å². The van der Waals surface area contributed by atoms with Gasteiger partial charge in [-0.2, -0.15) is 0 Å². The van der Waals surface area contributed by atoms with E-state index in [0.717, 1.165) is 10.0 Å². The summed E-state index contributed by atoms with van der Waals surface area (Å²) in [6.45, 7) is 0. The van der Waals surface area contributed by atoms with Gasteiger partial charge in [-0.05, 0) is 29.9 Å². The van der Waals surface area contributed by atoms with E-state index in [2.05, 4.69) is 20.9 Å². The minimum absolute atomic E-state index is 0.0320. The smallest absolute Gasteiger partial charge is 0.332 e. The first-order valence-corrected chi connectivity index (χ1v) is 5.65. The number of nitrogens with one attached hydrogen (secondary N) is 1. The lowest BCUT2D eigenvalue weighted by Gasteiger charge is -1.97. The van der Waals surface area contributed by atoms with E-state index < -0.39 is 0 Å². The molecular weight excluding hydrogens is 290 g/mol. The van der Waals surface area contributed by atoms with E-state index in [4.69, 9.17) is 18.0 Å². The zero-order valence-electron chi connectivity index (χ0n) is 8.11. The lowest BCUT2D eigenvalue weighted by molar-refractivity contribution is 1.05. The molecule has 3 N–H and O–H groups in total. The maximum atomic E-state index is 11.5. The van der Waals surface area contributed by atoms with Gasteiger partial charge in [0, 0.05) is 10.7 Å². The molecule has 2 aromatic rings. The van der Waals surface area contributed by atoms with Crippen molar-refractivity contribution in [3.05, 3.63) is 45.4 Å². The van der Waals surface area contributed by atoms with E-state index in [1.54, 1.807) is 6.20 Å². The number of imidazole rings is 1. The van der Waals surface area contributed by atoms with Crippen LogP contribution in [0.2, 0.25) is 0 Å². The predicted molar refractivity (Wildman–Crippen MR) is 70.4 cm³/mol. The number of hydrogen-bond donors (Lipinski definition) is 2. The van der Waals surface area contributed by atoms with Crippen LogP contribution in [0, 0.1) is 0 Å². The first-order valence-electron chi connectivity index (χ1n) is 4.45. The number of hydrogen-bond acceptors (Lipinski definition) is 2. The molecule has 0 saturated carbocycles. The molecule has 82 valence electrons. The highest BCUT2D eigenvalue weighted by atomic mass is 79.9. The van der Waals surface area contributed by atoms with Crippen molar-refractivity contribution in [3.8, 4) is 11.3 Å². The molecule has 0 atom stereocenters. The Kier molecular flexibility index (Phi) is 2.93. The predicted octanol–water partition coefficient (Wildman–Crippen LogP) is 1.70. The van der Waals surface area contributed by atoms with Crippen LogP contribution in [0.4, 0.5) is 0 Å². The minimum Gasteiger partial charge on any atom is -0.375 e. The van der Waals surface area contributed by atoms with Gasteiger partial charge in [0.25, 0.3) is 0 Å². The second kappa shape index (κ2) is 4.23. The van der Waals surface area contributed by atoms with Crippen LogP contribution in [-0.2, 0) is 0 Å². The van der Waals surface area contributed by atoms with Gasteiger partial charge in [-0.15, -0.1) is 0 Å². The monoisotopic (exact) mass is 297 g/mol. The van der Waals surface area contributed by atoms with Gasteiger partial charge in [0.15, 0.2) is 5.11 Å². The van der Waals surface area contributed by atoms with Crippen LogP contribution in [0.25, 0.3) is 11.3 Å². The van der Waals surface area contributed by atoms with Crippen molar-refractivity contribution in [2.45, 2.75) is 0 Å². The van der Waals surface area contributed by atoms with Crippen molar-refractivity contribution >= 4 is 33.3 Å². The van der Waals surface area contributed by atoms with Crippen molar-refractivity contribution in [1.29, 1.82) is 0 Å². The summed E-state index contributed by atoms with van der Waals surface area (Å²) in [6.07, 6.45) is 1.59. The number of nitrogens with zero attached hydrogens (tertiary/aromatic N) is 1. The normalized spacial score (nSPS) is 10.3. The molecule has 4 nitrogen and oxygen atoms in total. The molecule has 0 aliphatic rings. The van der Waals surface area contributed by atoms with Gasteiger partial charge in [0.2, 0.25) is 0 Å². The third kappa shape index (κ3) is 2.07. The Morgan fingerprint density at radius 2 is 2.00 bits per heavy atom. The first kappa shape index (κ1) is 11.1. The topological polar surface area (TPSA) is 63.8 Å². The molecule has 1 heterocycles. The highest BCUT2D eigenvalue weighted by Crippen LogP contribution is 2.18. The zero-order chi connectivity index (χ0) is 11.7. The van der Waals surface area contributed by atoms with Crippen molar-refractivity contribution < 1.29 is 0 Å². The maximum Gasteiger partial charge on any atom is 0.332 e. The van der Waals surface area contributed by atoms with Crippen molar-refractivity contribution in [2.75, 3.05) is 0 Å². The standard InChI is InChI=1S/C10H8BrN3OS/c11-7-3-1-6(2-4-7)8-5-14(9(12)16)10(15)13-8/h1-5H,(H2,12,16)(H,13,15). The summed E-state index contributed by atoms with van der Waals surface area (Å²) >= 11 is 8.09. The molecule has 0 aliphatic carbocycles. The third-order valence-electron chi connectivity index (χ3n) is 2.11. The molecule has 16 heavy (non-hydrogen) atoms. The van der Waals surface area contributed by atoms with Gasteiger partial charge in [0.1, 0.15) is 0 Å². The Hall–Kier alpha value is -1.40. The molecular formula is C10H8BrN3OS. The number of aromatic nitrogens is 2. The van der Waals surface area contributed by atoms with E-state index in [0.29, 0.717) is 5.69 Å². The van der Waals surface area contributed by atoms with E-state index in [9.17, 15) is 4.79 Å². The molecule has 0 unspecified atom stereocenters. The molecule has 0 fully saturated rings. The maximum absolute atomic E-state index is 11.5. The SMILES string of the molecule is NC(=S)n1cc(-c2ccc(Br)cc2)[nH]c1=O. The minimum atomic E-state index is -0.328. The number of H-pyrrole nitrogens is 1. The van der Waals surface area contributed by atoms with Gasteiger partial charge < -0.3 is 10.7 Å². The summed E-state index contributed by atoms with van der Waals surface area (Å²) in [5.41, 5.74) is 6.65. The van der Waals surface area contributed by atoms with Crippen LogP contribution < -0.4 is 11.4 Å². The summed E-state index contributed by atoms with van der Waals surface area (Å²) in [7, 11) is 0. The number of aromatic amines is 1. The molecule has 0 spiro atoms. The van der Waals surface area contributed by atoms with E-state index in [-0.39, 0.29) is 10.8 Å². The highest BCUT2D eigenvalue weighted by Gasteiger charge is 2.06. The number of benzene rings is 1. The quantitative estimate of drug-likeness (QED) is 0.788. The Morgan fingerprint density at radius 1 is 1.38 bits per heavy atom. The van der Waals surface area contributed by atoms with Crippen LogP contribution in [0.15, 0.2) is 39.7 Å². The van der Waals surface area contributed by atoms with E-state index in [1.807, 2.05) is 24.3 Å². The molecule has 0 aliphatic heterocycles. The van der Waals surface area contributed by atoms with Crippen LogP contribution in [0.3, 0.4) is 0 Å². The Bertz CT molecular complexity index is 585. The fourth-order valence-corrected chi connectivity index (χ4v) is 1.74. The molecule has 1 aromatic heterocycles. The number of thiocarbonyl (C=S) groups is 1. The summed E-state index contributed by atoms with van der Waals surface area (Å²) in [5, 5.41) is 0.0320. The lowest BCUT2D eigenvalue weighted by Crippen LogP contribution is -2.28. The van der Waals surface area contributed by atoms with E-state index >= 15 is 0 Å². The zero-order valence-corrected chi connectivity index (χ0v) is 10.5. The average Bonchev–Trinajstić information content (AvgIpc) is 2.61. The number of rotatable bonds is 1. The van der Waals surface area contributed by atoms with E-state index in [1.165, 1.54) is 4.57 Å². The molecule has 0 radical (unpaired) electrons. The van der Waals surface area contributed by atoms with Crippen LogP contribution in [0.1, 0.15) is 0 Å². The molecule has 6 heteroatoms. The van der Waals surface area contributed by atoms with Crippen LogP contribution >= 0.6 is 28.1 Å². The fourth-order valence-electron chi connectivity index (χ4n) is 1.34. The first-order chi connectivity index (χ1) is 7.58.